The van der Waals surface area contributed by atoms with Gasteiger partial charge in [0.2, 0.25) is 30.1 Å². The minimum absolute atomic E-state index is 0.0712. The van der Waals surface area contributed by atoms with Crippen LogP contribution in [0.5, 0.6) is 23.0 Å². The lowest BCUT2D eigenvalue weighted by Gasteiger charge is -2.32. The van der Waals surface area contributed by atoms with Crippen molar-refractivity contribution >= 4 is 18.9 Å². The Hall–Kier alpha value is -3.44. The van der Waals surface area contributed by atoms with Gasteiger partial charge in [0.15, 0.2) is 11.5 Å². The molecule has 0 spiro atoms. The van der Waals surface area contributed by atoms with Crippen LogP contribution in [0.25, 0.3) is 0 Å². The lowest BCUT2D eigenvalue weighted by atomic mass is 9.73. The van der Waals surface area contributed by atoms with Gasteiger partial charge in [-0.15, -0.1) is 0 Å². The minimum atomic E-state index is -0.797. The van der Waals surface area contributed by atoms with Crippen molar-refractivity contribution in [2.75, 3.05) is 21.0 Å². The van der Waals surface area contributed by atoms with Gasteiger partial charge in [0.05, 0.1) is 31.4 Å². The molecule has 0 radical (unpaired) electrons. The molecule has 3 aliphatic rings. The SMILES string of the molecule is COc1c2c(c3c(c1OC)OCO3)CC(C(=O)NC(Cc1ccccc1)C(=O)NC(CC(C)C)B1OC(C)(C)C(C)(C)O1)CC2. The van der Waals surface area contributed by atoms with Gasteiger partial charge in [0, 0.05) is 23.5 Å². The van der Waals surface area contributed by atoms with E-state index in [0.717, 1.165) is 16.7 Å². The van der Waals surface area contributed by atoms with E-state index in [1.165, 1.54) is 0 Å². The molecular weight excluding hydrogens is 575 g/mol. The van der Waals surface area contributed by atoms with Crippen molar-refractivity contribution < 1.29 is 37.8 Å². The molecule has 45 heavy (non-hydrogen) atoms. The van der Waals surface area contributed by atoms with Gasteiger partial charge in [-0.1, -0.05) is 44.2 Å². The average Bonchev–Trinajstić information content (AvgIpc) is 3.57. The number of hydrogen-bond acceptors (Lipinski definition) is 8. The largest absolute Gasteiger partial charge is 0.492 e. The summed E-state index contributed by atoms with van der Waals surface area (Å²) >= 11 is 0. The molecule has 0 saturated carbocycles. The molecule has 0 bridgehead atoms. The van der Waals surface area contributed by atoms with E-state index in [0.29, 0.717) is 55.1 Å². The fourth-order valence-electron chi connectivity index (χ4n) is 6.39. The highest BCUT2D eigenvalue weighted by Gasteiger charge is 2.54. The summed E-state index contributed by atoms with van der Waals surface area (Å²) in [4.78, 5) is 28.0. The summed E-state index contributed by atoms with van der Waals surface area (Å²) in [5.74, 6) is 1.26. The number of benzene rings is 2. The first-order chi connectivity index (χ1) is 21.3. The molecule has 2 heterocycles. The van der Waals surface area contributed by atoms with Crippen LogP contribution < -0.4 is 29.6 Å². The molecule has 2 N–H and O–H groups in total. The van der Waals surface area contributed by atoms with Gasteiger partial charge in [-0.3, -0.25) is 9.59 Å². The Kier molecular flexibility index (Phi) is 9.61. The Morgan fingerprint density at radius 1 is 0.933 bits per heavy atom. The van der Waals surface area contributed by atoms with Crippen LogP contribution in [0.15, 0.2) is 30.3 Å². The van der Waals surface area contributed by atoms with Crippen LogP contribution in [-0.4, -0.2) is 63.1 Å². The van der Waals surface area contributed by atoms with Crippen molar-refractivity contribution in [3.63, 3.8) is 0 Å². The molecule has 2 aliphatic heterocycles. The predicted molar refractivity (Wildman–Crippen MR) is 171 cm³/mol. The van der Waals surface area contributed by atoms with Crippen LogP contribution in [0.1, 0.15) is 71.1 Å². The lowest BCUT2D eigenvalue weighted by Crippen LogP contribution is -2.56. The first-order valence-electron chi connectivity index (χ1n) is 15.9. The van der Waals surface area contributed by atoms with E-state index in [1.54, 1.807) is 14.2 Å². The molecule has 1 fully saturated rings. The maximum Gasteiger partial charge on any atom is 0.481 e. The van der Waals surface area contributed by atoms with Gasteiger partial charge < -0.3 is 38.9 Å². The summed E-state index contributed by atoms with van der Waals surface area (Å²) in [5, 5.41) is 6.31. The van der Waals surface area contributed by atoms with E-state index in [9.17, 15) is 9.59 Å². The molecular formula is C34H47BN2O8. The van der Waals surface area contributed by atoms with Gasteiger partial charge in [0.25, 0.3) is 0 Å². The van der Waals surface area contributed by atoms with Gasteiger partial charge in [-0.05, 0) is 64.9 Å². The van der Waals surface area contributed by atoms with Crippen molar-refractivity contribution in [1.82, 2.24) is 10.6 Å². The van der Waals surface area contributed by atoms with Crippen LogP contribution in [0.3, 0.4) is 0 Å². The number of ether oxygens (including phenoxy) is 4. The van der Waals surface area contributed by atoms with Crippen molar-refractivity contribution in [2.24, 2.45) is 11.8 Å². The van der Waals surface area contributed by atoms with Crippen molar-refractivity contribution in [3.05, 3.63) is 47.0 Å². The summed E-state index contributed by atoms with van der Waals surface area (Å²) in [6.07, 6.45) is 2.61. The number of methoxy groups -OCH3 is 2. The molecule has 1 aliphatic carbocycles. The number of fused-ring (bicyclic) bond motifs is 3. The fourth-order valence-corrected chi connectivity index (χ4v) is 6.39. The quantitative estimate of drug-likeness (QED) is 0.354. The zero-order valence-electron chi connectivity index (χ0n) is 27.8. The highest BCUT2D eigenvalue weighted by atomic mass is 16.7. The van der Waals surface area contributed by atoms with Gasteiger partial charge >= 0.3 is 7.12 Å². The second-order valence-electron chi connectivity index (χ2n) is 13.6. The van der Waals surface area contributed by atoms with E-state index >= 15 is 0 Å². The standard InChI is InChI=1S/C34H47BN2O8/c1-20(2)16-26(35-44-33(3,4)34(5,6)45-35)37-32(39)25(17-21-12-10-9-11-13-21)36-31(38)22-14-15-23-24(18-22)28-30(43-19-42-28)29(41-8)27(23)40-7/h9-13,20,22,25-26H,14-19H2,1-8H3,(H,36,38)(H,37,39). The molecule has 5 rings (SSSR count). The Labute approximate surface area is 266 Å². The topological polar surface area (TPSA) is 114 Å². The number of rotatable bonds is 11. The lowest BCUT2D eigenvalue weighted by molar-refractivity contribution is -0.131. The monoisotopic (exact) mass is 622 g/mol. The maximum atomic E-state index is 14.0. The molecule has 1 saturated heterocycles. The third kappa shape index (κ3) is 6.75. The molecule has 11 heteroatoms. The first-order valence-corrected chi connectivity index (χ1v) is 15.9. The highest BCUT2D eigenvalue weighted by molar-refractivity contribution is 6.48. The molecule has 0 aromatic heterocycles. The molecule has 10 nitrogen and oxygen atoms in total. The normalized spacial score (nSPS) is 20.7. The first kappa shape index (κ1) is 32.9. The van der Waals surface area contributed by atoms with Crippen LogP contribution in [0, 0.1) is 11.8 Å². The second-order valence-corrected chi connectivity index (χ2v) is 13.6. The molecule has 244 valence electrons. The fraction of sp³-hybridized carbons (Fsp3) is 0.588. The van der Waals surface area contributed by atoms with Crippen molar-refractivity contribution in [3.8, 4) is 23.0 Å². The summed E-state index contributed by atoms with van der Waals surface area (Å²) in [7, 11) is 2.56. The third-order valence-corrected chi connectivity index (χ3v) is 9.48. The van der Waals surface area contributed by atoms with Crippen molar-refractivity contribution in [2.45, 2.75) is 96.8 Å². The second kappa shape index (κ2) is 13.1. The van der Waals surface area contributed by atoms with E-state index in [1.807, 2.05) is 58.0 Å². The number of amides is 2. The zero-order chi connectivity index (χ0) is 32.5. The number of hydrogen-bond donors (Lipinski definition) is 2. The van der Waals surface area contributed by atoms with Crippen LogP contribution in [0.2, 0.25) is 0 Å². The summed E-state index contributed by atoms with van der Waals surface area (Å²) in [6.45, 7) is 12.3. The number of nitrogens with one attached hydrogen (secondary N) is 2. The Bertz CT molecular complexity index is 1380. The van der Waals surface area contributed by atoms with E-state index < -0.39 is 30.3 Å². The van der Waals surface area contributed by atoms with Gasteiger partial charge in [-0.2, -0.15) is 0 Å². The number of carbonyl (C=O) groups is 2. The highest BCUT2D eigenvalue weighted by Crippen LogP contribution is 2.54. The van der Waals surface area contributed by atoms with Crippen LogP contribution >= 0.6 is 0 Å². The molecule has 3 atom stereocenters. The third-order valence-electron chi connectivity index (χ3n) is 9.48. The van der Waals surface area contributed by atoms with Crippen LogP contribution in [0.4, 0.5) is 0 Å². The van der Waals surface area contributed by atoms with E-state index in [4.69, 9.17) is 28.3 Å². The zero-order valence-corrected chi connectivity index (χ0v) is 27.8. The van der Waals surface area contributed by atoms with Gasteiger partial charge in [0.1, 0.15) is 6.04 Å². The van der Waals surface area contributed by atoms with E-state index in [2.05, 4.69) is 24.5 Å². The molecule has 2 aromatic carbocycles. The Morgan fingerprint density at radius 3 is 2.20 bits per heavy atom. The maximum absolute atomic E-state index is 14.0. The summed E-state index contributed by atoms with van der Waals surface area (Å²) in [6, 6.07) is 8.92. The predicted octanol–water partition coefficient (Wildman–Crippen LogP) is 4.43. The minimum Gasteiger partial charge on any atom is -0.492 e. The van der Waals surface area contributed by atoms with Crippen LogP contribution in [-0.2, 0) is 38.2 Å². The molecule has 3 unspecified atom stereocenters. The Balaban J connectivity index is 1.37. The number of carbonyl (C=O) groups excluding carboxylic acids is 2. The Morgan fingerprint density at radius 2 is 1.58 bits per heavy atom. The average molecular weight is 623 g/mol. The smallest absolute Gasteiger partial charge is 0.481 e. The molecule has 2 aromatic rings. The summed E-state index contributed by atoms with van der Waals surface area (Å²) in [5.41, 5.74) is 1.72. The van der Waals surface area contributed by atoms with Crippen molar-refractivity contribution in [1.29, 1.82) is 0 Å². The van der Waals surface area contributed by atoms with E-state index in [-0.39, 0.29) is 30.4 Å². The molecule has 2 amide bonds. The summed E-state index contributed by atoms with van der Waals surface area (Å²) < 4.78 is 35.6. The van der Waals surface area contributed by atoms with Gasteiger partial charge in [-0.25, -0.2) is 0 Å².